The van der Waals surface area contributed by atoms with E-state index >= 15 is 0 Å². The van der Waals surface area contributed by atoms with Crippen molar-refractivity contribution < 1.29 is 87.8 Å². The Bertz CT molecular complexity index is 2230. The van der Waals surface area contributed by atoms with E-state index in [4.69, 9.17) is 0 Å². The van der Waals surface area contributed by atoms with Gasteiger partial charge in [-0.1, -0.05) is 36.4 Å². The van der Waals surface area contributed by atoms with Crippen molar-refractivity contribution in [2.75, 3.05) is 0 Å². The molecule has 6 aromatic carbocycles. The van der Waals surface area contributed by atoms with Gasteiger partial charge in [0.25, 0.3) is 0 Å². The van der Waals surface area contributed by atoms with Crippen LogP contribution in [0.5, 0.6) is 0 Å². The summed E-state index contributed by atoms with van der Waals surface area (Å²) in [6, 6.07) is 21.0. The van der Waals surface area contributed by atoms with Gasteiger partial charge in [0, 0.05) is 17.9 Å². The highest BCUT2D eigenvalue weighted by atomic mass is 32.2. The zero-order valence-electron chi connectivity index (χ0n) is 30.2. The van der Waals surface area contributed by atoms with E-state index in [0.717, 1.165) is 0 Å². The second kappa shape index (κ2) is 18.8. The monoisotopic (exact) mass is 922 g/mol. The van der Waals surface area contributed by atoms with Crippen LogP contribution in [0.1, 0.15) is 22.3 Å². The van der Waals surface area contributed by atoms with E-state index in [1.54, 1.807) is 0 Å². The first kappa shape index (κ1) is 47.4. The fourth-order valence-corrected chi connectivity index (χ4v) is 7.58. The van der Waals surface area contributed by atoms with Crippen LogP contribution < -0.4 is 0 Å². The molecule has 0 aromatic heterocycles. The Morgan fingerprint density at radius 2 is 0.403 bits per heavy atom. The molecule has 0 aliphatic rings. The van der Waals surface area contributed by atoms with E-state index in [0.29, 0.717) is 0 Å². The van der Waals surface area contributed by atoms with Gasteiger partial charge in [0.1, 0.15) is 0 Å². The standard InChI is InChI=1S/C28H8BF20.C12H10S/c30-9-5(10(31)18(39)25(46)17(9)38)1-29(2-6-11(32)19(40)26(47)20(41)12(6)33,3-7-13(34)21(42)27(48)22(43)14(7)35)4-8-15(36)23(44)28(49)24(45)16(8)37;1-3-7-11(8-4-1)13-12-9-5-2-6-10-12/h1-4H2;1-10H/q-1;/p+1. The summed E-state index contributed by atoms with van der Waals surface area (Å²) in [5.74, 6) is -57.8. The molecule has 328 valence electrons. The number of thiol groups is 1. The number of hydrogen-bond donors (Lipinski definition) is 0. The Balaban J connectivity index is 0.000000471. The van der Waals surface area contributed by atoms with E-state index in [9.17, 15) is 87.8 Å². The van der Waals surface area contributed by atoms with Gasteiger partial charge in [-0.05, 0) is 46.5 Å². The molecule has 0 N–H and O–H groups in total. The number of rotatable bonds is 10. The summed E-state index contributed by atoms with van der Waals surface area (Å²) in [7, 11) is 0. The quantitative estimate of drug-likeness (QED) is 0.0321. The van der Waals surface area contributed by atoms with Crippen LogP contribution in [0.3, 0.4) is 0 Å². The average Bonchev–Trinajstić information content (AvgIpc) is 3.27. The van der Waals surface area contributed by atoms with Crippen molar-refractivity contribution in [1.29, 1.82) is 0 Å². The molecule has 0 fully saturated rings. The molecule has 0 spiro atoms. The minimum absolute atomic E-state index is 1.28. The van der Waals surface area contributed by atoms with E-state index in [2.05, 4.69) is 48.5 Å². The lowest BCUT2D eigenvalue weighted by Gasteiger charge is -2.41. The lowest BCUT2D eigenvalue weighted by molar-refractivity contribution is 0.368. The molecule has 6 rings (SSSR count). The molecule has 0 aliphatic heterocycles. The van der Waals surface area contributed by atoms with Crippen molar-refractivity contribution in [2.24, 2.45) is 0 Å². The van der Waals surface area contributed by atoms with Crippen LogP contribution in [0.2, 0.25) is 0 Å². The summed E-state index contributed by atoms with van der Waals surface area (Å²) < 4.78 is 288. The average molecular weight is 922 g/mol. The van der Waals surface area contributed by atoms with Gasteiger partial charge >= 0.3 is 0 Å². The Labute approximate surface area is 339 Å². The number of hydrogen-bond acceptors (Lipinski definition) is 0. The maximum Gasteiger partial charge on any atom is 0.200 e. The summed E-state index contributed by atoms with van der Waals surface area (Å²) in [4.78, 5) is 2.68. The van der Waals surface area contributed by atoms with Crippen molar-refractivity contribution in [3.05, 3.63) is 199 Å². The van der Waals surface area contributed by atoms with Gasteiger partial charge in [0.15, 0.2) is 103 Å². The first-order valence-electron chi connectivity index (χ1n) is 17.1. The van der Waals surface area contributed by atoms with E-state index < -0.39 is 170 Å². The fourth-order valence-electron chi connectivity index (χ4n) is 6.64. The van der Waals surface area contributed by atoms with Gasteiger partial charge in [-0.25, -0.2) is 87.8 Å². The molecule has 0 nitrogen and oxygen atoms in total. The summed E-state index contributed by atoms with van der Waals surface area (Å²) in [5.41, 5.74) is -8.97. The maximum absolute atomic E-state index is 14.9. The molecule has 62 heavy (non-hydrogen) atoms. The van der Waals surface area contributed by atoms with Crippen LogP contribution in [0.4, 0.5) is 87.8 Å². The molecule has 0 heterocycles. The summed E-state index contributed by atoms with van der Waals surface area (Å²) in [6.45, 7) is 0. The largest absolute Gasteiger partial charge is 0.203 e. The van der Waals surface area contributed by atoms with Gasteiger partial charge in [-0.3, -0.25) is 0 Å². The molecule has 0 amide bonds. The van der Waals surface area contributed by atoms with Gasteiger partial charge in [-0.15, -0.1) is 25.3 Å². The van der Waals surface area contributed by atoms with E-state index in [1.165, 1.54) is 21.6 Å². The predicted molar refractivity (Wildman–Crippen MR) is 184 cm³/mol. The minimum atomic E-state index is -4.78. The molecule has 0 atom stereocenters. The Hall–Kier alpha value is -5.67. The zero-order chi connectivity index (χ0) is 46.1. The highest BCUT2D eigenvalue weighted by Crippen LogP contribution is 2.37. The van der Waals surface area contributed by atoms with Crippen molar-refractivity contribution in [3.63, 3.8) is 0 Å². The lowest BCUT2D eigenvalue weighted by atomic mass is 9.16. The van der Waals surface area contributed by atoms with Crippen LogP contribution in [0.25, 0.3) is 0 Å². The molecule has 0 bridgehead atoms. The normalized spacial score (nSPS) is 11.5. The highest BCUT2D eigenvalue weighted by Gasteiger charge is 2.40. The number of benzene rings is 6. The molecule has 6 aromatic rings. The molecule has 0 aliphatic carbocycles. The van der Waals surface area contributed by atoms with Crippen molar-refractivity contribution >= 4 is 17.9 Å². The van der Waals surface area contributed by atoms with Crippen molar-refractivity contribution in [1.82, 2.24) is 0 Å². The second-order valence-electron chi connectivity index (χ2n) is 13.5. The van der Waals surface area contributed by atoms with Crippen LogP contribution in [-0.4, -0.2) is 6.15 Å². The van der Waals surface area contributed by atoms with Crippen molar-refractivity contribution in [3.8, 4) is 0 Å². The van der Waals surface area contributed by atoms with Gasteiger partial charge in [0.2, 0.25) is 23.3 Å². The molecular formula is C40H19BF20S. The summed E-state index contributed by atoms with van der Waals surface area (Å²) in [6.07, 6.45) is -13.9. The molecule has 0 unspecified atom stereocenters. The number of halogens is 20. The third kappa shape index (κ3) is 9.10. The third-order valence-electron chi connectivity index (χ3n) is 9.52. The summed E-state index contributed by atoms with van der Waals surface area (Å²) >= 11 is 1.28. The topological polar surface area (TPSA) is 0 Å². The molecule has 22 heteroatoms. The predicted octanol–water partition coefficient (Wildman–Crippen LogP) is 12.3. The van der Waals surface area contributed by atoms with Crippen molar-refractivity contribution in [2.45, 2.75) is 35.1 Å². The van der Waals surface area contributed by atoms with Crippen LogP contribution in [0.15, 0.2) is 70.5 Å². The SMILES string of the molecule is Fc1c(F)c(F)c(C[B-](Cc2c(F)c(F)c(F)c(F)c2F)(Cc2c(F)c(F)c(F)c(F)c2F)Cc2c(F)c(F)c(F)c(F)c2F)c(F)c1F.c1ccc([SH+]c2ccccc2)cc1. The van der Waals surface area contributed by atoms with Crippen LogP contribution >= 0.6 is 0 Å². The smallest absolute Gasteiger partial charge is 0.200 e. The van der Waals surface area contributed by atoms with E-state index in [1.807, 2.05) is 12.1 Å². The Morgan fingerprint density at radius 3 is 0.581 bits per heavy atom. The van der Waals surface area contributed by atoms with Gasteiger partial charge in [-0.2, -0.15) is 0 Å². The highest BCUT2D eigenvalue weighted by molar-refractivity contribution is 7.78. The Morgan fingerprint density at radius 1 is 0.242 bits per heavy atom. The maximum atomic E-state index is 14.9. The fraction of sp³-hybridized carbons (Fsp3) is 0.100. The Kier molecular flexibility index (Phi) is 14.3. The summed E-state index contributed by atoms with van der Waals surface area (Å²) in [5, 5.41) is 0. The van der Waals surface area contributed by atoms with Gasteiger partial charge < -0.3 is 0 Å². The van der Waals surface area contributed by atoms with E-state index in [-0.39, 0.29) is 0 Å². The van der Waals surface area contributed by atoms with Gasteiger partial charge in [0.05, 0.1) is 0 Å². The first-order chi connectivity index (χ1) is 29.0. The van der Waals surface area contributed by atoms with Crippen LogP contribution in [0, 0.1) is 116 Å². The lowest BCUT2D eigenvalue weighted by Crippen LogP contribution is -2.49. The second-order valence-corrected chi connectivity index (χ2v) is 14.8. The molecular weight excluding hydrogens is 903 g/mol. The zero-order valence-corrected chi connectivity index (χ0v) is 31.1. The third-order valence-corrected chi connectivity index (χ3v) is 10.6. The molecule has 0 saturated carbocycles. The van der Waals surface area contributed by atoms with Crippen LogP contribution in [-0.2, 0) is 37.0 Å². The molecule has 0 radical (unpaired) electrons. The first-order valence-corrected chi connectivity index (χ1v) is 18.0. The molecule has 0 saturated heterocycles. The minimum Gasteiger partial charge on any atom is -0.203 e.